The molecule has 3 nitrogen and oxygen atoms in total. The van der Waals surface area contributed by atoms with Gasteiger partial charge in [-0.3, -0.25) is 4.79 Å². The number of hydrogen-bond donors (Lipinski definition) is 0. The van der Waals surface area contributed by atoms with E-state index in [2.05, 4.69) is 15.9 Å². The Morgan fingerprint density at radius 3 is 2.78 bits per heavy atom. The number of halogens is 2. The Kier molecular flexibility index (Phi) is 7.13. The second kappa shape index (κ2) is 8.38. The molecule has 0 saturated carbocycles. The summed E-state index contributed by atoms with van der Waals surface area (Å²) < 4.78 is 10.6. The third-order valence-corrected chi connectivity index (χ3v) is 3.07. The van der Waals surface area contributed by atoms with Gasteiger partial charge in [0, 0.05) is 17.8 Å². The largest absolute Gasteiger partial charge is 0.492 e. The first-order chi connectivity index (χ1) is 8.67. The third-order valence-electron chi connectivity index (χ3n) is 2.21. The van der Waals surface area contributed by atoms with Crippen molar-refractivity contribution >= 4 is 33.5 Å². The fourth-order valence-corrected chi connectivity index (χ4v) is 1.87. The molecule has 0 aliphatic rings. The lowest BCUT2D eigenvalue weighted by Crippen LogP contribution is -2.05. The zero-order valence-electron chi connectivity index (χ0n) is 10.2. The maximum atomic E-state index is 11.1. The third kappa shape index (κ3) is 5.27. The summed E-state index contributed by atoms with van der Waals surface area (Å²) in [6.07, 6.45) is 2.36. The Balaban J connectivity index is 2.54. The molecular formula is C13H16BrClO3. The molecule has 0 aliphatic heterocycles. The Bertz CT molecular complexity index is 396. The van der Waals surface area contributed by atoms with Gasteiger partial charge in [-0.05, 0) is 25.0 Å². The van der Waals surface area contributed by atoms with Crippen molar-refractivity contribution < 1.29 is 14.3 Å². The molecule has 0 heterocycles. The van der Waals surface area contributed by atoms with E-state index >= 15 is 0 Å². The normalized spacial score (nSPS) is 10.2. The summed E-state index contributed by atoms with van der Waals surface area (Å²) in [6, 6.07) is 4.99. The van der Waals surface area contributed by atoms with Crippen molar-refractivity contribution in [2.75, 3.05) is 11.9 Å². The highest BCUT2D eigenvalue weighted by atomic mass is 79.9. The van der Waals surface area contributed by atoms with Gasteiger partial charge in [0.15, 0.2) is 0 Å². The molecule has 0 amide bonds. The highest BCUT2D eigenvalue weighted by Gasteiger charge is 2.06. The lowest BCUT2D eigenvalue weighted by Gasteiger charge is -2.09. The van der Waals surface area contributed by atoms with E-state index in [1.54, 1.807) is 25.1 Å². The van der Waals surface area contributed by atoms with Crippen LogP contribution in [0.2, 0.25) is 5.02 Å². The van der Waals surface area contributed by atoms with Gasteiger partial charge < -0.3 is 9.47 Å². The predicted molar refractivity (Wildman–Crippen MR) is 75.9 cm³/mol. The van der Waals surface area contributed by atoms with Gasteiger partial charge in [0.25, 0.3) is 0 Å². The summed E-state index contributed by atoms with van der Waals surface area (Å²) in [5.74, 6) is 0.777. The number of carbonyl (C=O) groups excluding carboxylic acids is 1. The molecule has 0 saturated heterocycles. The topological polar surface area (TPSA) is 35.5 Å². The van der Waals surface area contributed by atoms with Crippen LogP contribution in [0.5, 0.6) is 11.5 Å². The van der Waals surface area contributed by atoms with Crippen molar-refractivity contribution in [2.24, 2.45) is 0 Å². The van der Waals surface area contributed by atoms with Crippen LogP contribution in [0, 0.1) is 0 Å². The number of esters is 1. The van der Waals surface area contributed by atoms with E-state index < -0.39 is 0 Å². The van der Waals surface area contributed by atoms with E-state index in [-0.39, 0.29) is 5.97 Å². The summed E-state index contributed by atoms with van der Waals surface area (Å²) >= 11 is 9.40. The number of alkyl halides is 1. The Morgan fingerprint density at radius 2 is 2.17 bits per heavy atom. The Labute approximate surface area is 121 Å². The smallest absolute Gasteiger partial charge is 0.310 e. The summed E-state index contributed by atoms with van der Waals surface area (Å²) in [7, 11) is 0. The van der Waals surface area contributed by atoms with Gasteiger partial charge in [-0.2, -0.15) is 0 Å². The van der Waals surface area contributed by atoms with E-state index in [1.165, 1.54) is 0 Å². The summed E-state index contributed by atoms with van der Waals surface area (Å²) in [4.78, 5) is 11.1. The molecule has 0 fully saturated rings. The molecule has 5 heteroatoms. The van der Waals surface area contributed by atoms with Crippen molar-refractivity contribution in [1.82, 2.24) is 0 Å². The van der Waals surface area contributed by atoms with Gasteiger partial charge in [0.05, 0.1) is 11.6 Å². The Hall–Kier alpha value is -0.740. The summed E-state index contributed by atoms with van der Waals surface area (Å²) in [6.45, 7) is 2.37. The van der Waals surface area contributed by atoms with Crippen molar-refractivity contribution in [3.63, 3.8) is 0 Å². The monoisotopic (exact) mass is 334 g/mol. The van der Waals surface area contributed by atoms with E-state index in [9.17, 15) is 4.79 Å². The van der Waals surface area contributed by atoms with E-state index in [1.807, 2.05) is 0 Å². The minimum atomic E-state index is -0.281. The zero-order valence-corrected chi connectivity index (χ0v) is 12.6. The minimum Gasteiger partial charge on any atom is -0.492 e. The highest BCUT2D eigenvalue weighted by molar-refractivity contribution is 9.09. The molecule has 0 aliphatic carbocycles. The molecule has 0 N–H and O–H groups in total. The summed E-state index contributed by atoms with van der Waals surface area (Å²) in [5.41, 5.74) is 0. The predicted octanol–water partition coefficient (Wildman–Crippen LogP) is 4.21. The molecule has 1 rings (SSSR count). The number of unbranched alkanes of at least 4 members (excludes halogenated alkanes) is 1. The first-order valence-electron chi connectivity index (χ1n) is 5.86. The van der Waals surface area contributed by atoms with Crippen molar-refractivity contribution in [1.29, 1.82) is 0 Å². The SMILES string of the molecule is CCC(=O)Oc1ccc(OCCCCBr)c(Cl)c1. The van der Waals surface area contributed by atoms with Gasteiger partial charge in [0.2, 0.25) is 0 Å². The lowest BCUT2D eigenvalue weighted by atomic mass is 10.3. The molecule has 0 radical (unpaired) electrons. The van der Waals surface area contributed by atoms with Crippen LogP contribution in [0.1, 0.15) is 26.2 Å². The molecule has 1 aromatic rings. The number of carbonyl (C=O) groups is 1. The second-order valence-electron chi connectivity index (χ2n) is 3.66. The van der Waals surface area contributed by atoms with Crippen LogP contribution in [0.15, 0.2) is 18.2 Å². The van der Waals surface area contributed by atoms with Crippen LogP contribution in [-0.4, -0.2) is 17.9 Å². The fourth-order valence-electron chi connectivity index (χ4n) is 1.24. The van der Waals surface area contributed by atoms with Crippen LogP contribution in [0.25, 0.3) is 0 Å². The van der Waals surface area contributed by atoms with Crippen molar-refractivity contribution in [2.45, 2.75) is 26.2 Å². The molecule has 0 atom stereocenters. The molecule has 0 unspecified atom stereocenters. The molecular weight excluding hydrogens is 319 g/mol. The average molecular weight is 336 g/mol. The van der Waals surface area contributed by atoms with Crippen LogP contribution < -0.4 is 9.47 Å². The molecule has 0 bridgehead atoms. The van der Waals surface area contributed by atoms with Crippen molar-refractivity contribution in [3.05, 3.63) is 23.2 Å². The highest BCUT2D eigenvalue weighted by Crippen LogP contribution is 2.29. The number of ether oxygens (including phenoxy) is 2. The van der Waals surface area contributed by atoms with Gasteiger partial charge >= 0.3 is 5.97 Å². The van der Waals surface area contributed by atoms with E-state index in [0.717, 1.165) is 18.2 Å². The second-order valence-corrected chi connectivity index (χ2v) is 4.86. The lowest BCUT2D eigenvalue weighted by molar-refractivity contribution is -0.134. The number of benzene rings is 1. The molecule has 100 valence electrons. The fraction of sp³-hybridized carbons (Fsp3) is 0.462. The van der Waals surface area contributed by atoms with Crippen LogP contribution >= 0.6 is 27.5 Å². The van der Waals surface area contributed by atoms with Crippen LogP contribution in [-0.2, 0) is 4.79 Å². The van der Waals surface area contributed by atoms with Gasteiger partial charge in [-0.15, -0.1) is 0 Å². The molecule has 18 heavy (non-hydrogen) atoms. The maximum Gasteiger partial charge on any atom is 0.310 e. The van der Waals surface area contributed by atoms with Crippen LogP contribution in [0.4, 0.5) is 0 Å². The van der Waals surface area contributed by atoms with Crippen molar-refractivity contribution in [3.8, 4) is 11.5 Å². The van der Waals surface area contributed by atoms with Gasteiger partial charge in [-0.25, -0.2) is 0 Å². The standard InChI is InChI=1S/C13H16BrClO3/c1-2-13(16)18-10-5-6-12(11(15)9-10)17-8-4-3-7-14/h5-6,9H,2-4,7-8H2,1H3. The first-order valence-corrected chi connectivity index (χ1v) is 7.36. The van der Waals surface area contributed by atoms with E-state index in [0.29, 0.717) is 29.5 Å². The van der Waals surface area contributed by atoms with E-state index in [4.69, 9.17) is 21.1 Å². The quantitative estimate of drug-likeness (QED) is 0.324. The van der Waals surface area contributed by atoms with Crippen LogP contribution in [0.3, 0.4) is 0 Å². The summed E-state index contributed by atoms with van der Waals surface area (Å²) in [5, 5.41) is 1.42. The molecule has 0 spiro atoms. The van der Waals surface area contributed by atoms with Gasteiger partial charge in [-0.1, -0.05) is 34.5 Å². The first kappa shape index (κ1) is 15.3. The molecule has 1 aromatic carbocycles. The Morgan fingerprint density at radius 1 is 1.39 bits per heavy atom. The zero-order chi connectivity index (χ0) is 13.4. The molecule has 0 aromatic heterocycles. The number of hydrogen-bond acceptors (Lipinski definition) is 3. The van der Waals surface area contributed by atoms with Gasteiger partial charge in [0.1, 0.15) is 11.5 Å². The minimum absolute atomic E-state index is 0.281. The average Bonchev–Trinajstić information content (AvgIpc) is 2.36. The number of rotatable bonds is 7. The maximum absolute atomic E-state index is 11.1.